The number of aliphatic hydroxyl groups excluding tert-OH is 2. The largest absolute Gasteiger partial charge is 0.394 e. The molecule has 5 atom stereocenters. The molecule has 1 aromatic rings. The zero-order chi connectivity index (χ0) is 32.3. The van der Waals surface area contributed by atoms with Crippen molar-refractivity contribution in [2.45, 2.75) is 50.6 Å². The van der Waals surface area contributed by atoms with Gasteiger partial charge >= 0.3 is 0 Å². The molecule has 45 heavy (non-hydrogen) atoms. The number of carbonyl (C=O) groups excluding carboxylic acids is 4. The minimum atomic E-state index is -1.13. The number of aliphatic hydroxyl groups is 2. The van der Waals surface area contributed by atoms with Crippen LogP contribution in [-0.2, 0) is 28.7 Å². The predicted octanol–water partition coefficient (Wildman–Crippen LogP) is 0.0305. The molecule has 0 heterocycles. The summed E-state index contributed by atoms with van der Waals surface area (Å²) in [5.74, 6) is 2.49. The molecule has 0 aliphatic heterocycles. The van der Waals surface area contributed by atoms with Gasteiger partial charge in [0.15, 0.2) is 6.04 Å². The van der Waals surface area contributed by atoms with Crippen molar-refractivity contribution in [3.8, 4) is 11.8 Å². The Hall–Kier alpha value is -3.76. The van der Waals surface area contributed by atoms with Crippen LogP contribution in [0.1, 0.15) is 44.1 Å². The Kier molecular flexibility index (Phi) is 16.1. The maximum atomic E-state index is 13.7. The van der Waals surface area contributed by atoms with Gasteiger partial charge in [0.1, 0.15) is 0 Å². The van der Waals surface area contributed by atoms with Gasteiger partial charge < -0.3 is 41.0 Å². The summed E-state index contributed by atoms with van der Waals surface area (Å²) in [6.45, 7) is 0.945. The second kappa shape index (κ2) is 20.3. The minimum Gasteiger partial charge on any atom is -0.394 e. The molecule has 0 spiro atoms. The van der Waals surface area contributed by atoms with E-state index in [0.29, 0.717) is 12.0 Å². The van der Waals surface area contributed by atoms with Gasteiger partial charge in [-0.15, -0.1) is 0 Å². The van der Waals surface area contributed by atoms with Gasteiger partial charge in [-0.2, -0.15) is 0 Å². The van der Waals surface area contributed by atoms with E-state index in [-0.39, 0.29) is 89.8 Å². The van der Waals surface area contributed by atoms with E-state index in [4.69, 9.17) is 19.7 Å². The highest BCUT2D eigenvalue weighted by atomic mass is 16.5. The molecule has 1 saturated carbocycles. The van der Waals surface area contributed by atoms with Crippen molar-refractivity contribution in [2.75, 3.05) is 52.7 Å². The number of benzene rings is 1. The fourth-order valence-corrected chi connectivity index (χ4v) is 5.39. The topological polar surface area (TPSA) is 175 Å². The first-order valence-electron chi connectivity index (χ1n) is 15.7. The Balaban J connectivity index is 1.72. The number of rotatable bonds is 16. The summed E-state index contributed by atoms with van der Waals surface area (Å²) in [7, 11) is 0. The highest BCUT2D eigenvalue weighted by Crippen LogP contribution is 2.34. The lowest BCUT2D eigenvalue weighted by Crippen LogP contribution is -2.52. The van der Waals surface area contributed by atoms with Gasteiger partial charge in [0.05, 0.1) is 39.6 Å². The van der Waals surface area contributed by atoms with Crippen LogP contribution in [0.4, 0.5) is 0 Å². The van der Waals surface area contributed by atoms with Crippen LogP contribution in [0.2, 0.25) is 0 Å². The van der Waals surface area contributed by atoms with Crippen LogP contribution < -0.4 is 21.3 Å². The molecule has 12 nitrogen and oxygen atoms in total. The van der Waals surface area contributed by atoms with Crippen molar-refractivity contribution in [1.82, 2.24) is 21.3 Å². The third-order valence-electron chi connectivity index (χ3n) is 7.68. The van der Waals surface area contributed by atoms with Gasteiger partial charge in [-0.25, -0.2) is 0 Å². The summed E-state index contributed by atoms with van der Waals surface area (Å²) in [5, 5.41) is 29.1. The molecule has 12 heteroatoms. The number of carbonyl (C=O) groups is 4. The third kappa shape index (κ3) is 13.0. The lowest BCUT2D eigenvalue weighted by Gasteiger charge is -2.33. The molecular weight excluding hydrogens is 580 g/mol. The first-order valence-corrected chi connectivity index (χ1v) is 15.7. The Labute approximate surface area is 264 Å². The minimum absolute atomic E-state index is 0.0565. The normalized spacial score (nSPS) is 21.5. The summed E-state index contributed by atoms with van der Waals surface area (Å²) in [5.41, 5.74) is 0.697. The van der Waals surface area contributed by atoms with E-state index < -0.39 is 35.6 Å². The molecule has 4 amide bonds. The molecule has 3 unspecified atom stereocenters. The van der Waals surface area contributed by atoms with Gasteiger partial charge in [-0.1, -0.05) is 42.2 Å². The van der Waals surface area contributed by atoms with Crippen LogP contribution in [0.25, 0.3) is 0 Å². The summed E-state index contributed by atoms with van der Waals surface area (Å²) < 4.78 is 10.4. The average Bonchev–Trinajstić information content (AvgIpc) is 3.06. The monoisotopic (exact) mass is 626 g/mol. The first-order chi connectivity index (χ1) is 21.9. The molecule has 2 aliphatic carbocycles. The number of allylic oxidation sites excluding steroid dienone is 1. The fourth-order valence-electron chi connectivity index (χ4n) is 5.39. The van der Waals surface area contributed by atoms with Crippen LogP contribution in [-0.4, -0.2) is 98.7 Å². The molecule has 0 aromatic heterocycles. The SMILES string of the molecule is O=C(NCCOCCO)C1CC(C(=O)N[C@@H](C#Cc2ccccc2)C(=O)NC2CC=CCC2)C[C@@H](C(=O)NCCOCCO)C1. The fraction of sp³-hybridized carbons (Fsp3) is 0.576. The van der Waals surface area contributed by atoms with Crippen molar-refractivity contribution in [2.24, 2.45) is 17.8 Å². The van der Waals surface area contributed by atoms with Crippen LogP contribution in [0, 0.1) is 29.6 Å². The van der Waals surface area contributed by atoms with E-state index in [1.54, 1.807) is 0 Å². The lowest BCUT2D eigenvalue weighted by atomic mass is 9.74. The van der Waals surface area contributed by atoms with E-state index in [1.807, 2.05) is 36.4 Å². The standard InChI is InChI=1S/C33H46N4O8/c38-15-19-44-17-13-34-30(40)25-21-26(31(41)35-14-18-45-20-16-39)23-27(22-25)32(42)37-29(12-11-24-7-3-1-4-8-24)33(43)36-28-9-5-2-6-10-28/h1-5,7-8,25-29,38-39H,6,9-10,13-23H2,(H,34,40)(H,35,41)(H,36,43)(H,37,42)/t25-,26?,27?,28?,29-/m0/s1. The summed E-state index contributed by atoms with van der Waals surface area (Å²) in [4.78, 5) is 53.2. The van der Waals surface area contributed by atoms with E-state index in [0.717, 1.165) is 12.8 Å². The van der Waals surface area contributed by atoms with Gasteiger partial charge in [-0.05, 0) is 50.7 Å². The molecule has 0 radical (unpaired) electrons. The van der Waals surface area contributed by atoms with E-state index in [1.165, 1.54) is 0 Å². The second-order valence-electron chi connectivity index (χ2n) is 11.1. The maximum absolute atomic E-state index is 13.7. The van der Waals surface area contributed by atoms with Crippen LogP contribution >= 0.6 is 0 Å². The predicted molar refractivity (Wildman–Crippen MR) is 166 cm³/mol. The number of ether oxygens (including phenoxy) is 2. The van der Waals surface area contributed by atoms with Crippen LogP contribution in [0.5, 0.6) is 0 Å². The molecule has 246 valence electrons. The average molecular weight is 627 g/mol. The molecule has 2 aliphatic rings. The Morgan fingerprint density at radius 3 is 1.91 bits per heavy atom. The van der Waals surface area contributed by atoms with Gasteiger partial charge in [0.2, 0.25) is 17.7 Å². The van der Waals surface area contributed by atoms with Gasteiger partial charge in [0.25, 0.3) is 5.91 Å². The van der Waals surface area contributed by atoms with E-state index >= 15 is 0 Å². The van der Waals surface area contributed by atoms with Crippen molar-refractivity contribution in [3.05, 3.63) is 48.0 Å². The van der Waals surface area contributed by atoms with Crippen molar-refractivity contribution < 1.29 is 38.9 Å². The molecular formula is C33H46N4O8. The van der Waals surface area contributed by atoms with Gasteiger partial charge in [0, 0.05) is 42.4 Å². The number of hydrogen-bond acceptors (Lipinski definition) is 8. The number of amides is 4. The first kappa shape index (κ1) is 35.7. The summed E-state index contributed by atoms with van der Waals surface area (Å²) >= 11 is 0. The maximum Gasteiger partial charge on any atom is 0.255 e. The second-order valence-corrected chi connectivity index (χ2v) is 11.1. The lowest BCUT2D eigenvalue weighted by molar-refractivity contribution is -0.136. The quantitative estimate of drug-likeness (QED) is 0.0847. The highest BCUT2D eigenvalue weighted by Gasteiger charge is 2.39. The highest BCUT2D eigenvalue weighted by molar-refractivity contribution is 5.92. The van der Waals surface area contributed by atoms with Crippen molar-refractivity contribution in [3.63, 3.8) is 0 Å². The smallest absolute Gasteiger partial charge is 0.255 e. The van der Waals surface area contributed by atoms with Gasteiger partial charge in [-0.3, -0.25) is 19.2 Å². The van der Waals surface area contributed by atoms with Crippen molar-refractivity contribution in [1.29, 1.82) is 0 Å². The Bertz CT molecular complexity index is 1150. The zero-order valence-electron chi connectivity index (χ0n) is 25.7. The van der Waals surface area contributed by atoms with E-state index in [9.17, 15) is 19.2 Å². The molecule has 6 N–H and O–H groups in total. The van der Waals surface area contributed by atoms with Crippen LogP contribution in [0.15, 0.2) is 42.5 Å². The Morgan fingerprint density at radius 1 is 0.800 bits per heavy atom. The molecule has 1 fully saturated rings. The molecule has 3 rings (SSSR count). The summed E-state index contributed by atoms with van der Waals surface area (Å²) in [6, 6.07) is 7.97. The van der Waals surface area contributed by atoms with E-state index in [2.05, 4.69) is 39.2 Å². The zero-order valence-corrected chi connectivity index (χ0v) is 25.7. The third-order valence-corrected chi connectivity index (χ3v) is 7.68. The molecule has 1 aromatic carbocycles. The molecule has 0 saturated heterocycles. The molecule has 0 bridgehead atoms. The summed E-state index contributed by atoms with van der Waals surface area (Å²) in [6.07, 6.45) is 7.10. The van der Waals surface area contributed by atoms with Crippen molar-refractivity contribution >= 4 is 23.6 Å². The number of hydrogen-bond donors (Lipinski definition) is 6. The number of nitrogens with one attached hydrogen (secondary N) is 4. The van der Waals surface area contributed by atoms with Crippen LogP contribution in [0.3, 0.4) is 0 Å². The Morgan fingerprint density at radius 2 is 1.38 bits per heavy atom.